The summed E-state index contributed by atoms with van der Waals surface area (Å²) in [6.45, 7) is 3.66. The third-order valence-corrected chi connectivity index (χ3v) is 5.88. The van der Waals surface area contributed by atoms with E-state index in [1.807, 2.05) is 0 Å². The quantitative estimate of drug-likeness (QED) is 0.640. The summed E-state index contributed by atoms with van der Waals surface area (Å²) in [5.41, 5.74) is 0. The molecule has 0 aromatic rings. The Hall–Kier alpha value is 0.310. The van der Waals surface area contributed by atoms with Gasteiger partial charge in [-0.3, -0.25) is 0 Å². The zero-order valence-electron chi connectivity index (χ0n) is 8.38. The Morgan fingerprint density at radius 2 is 2.23 bits per heavy atom. The average molecular weight is 197 g/mol. The van der Waals surface area contributed by atoms with Crippen LogP contribution in [-0.2, 0) is 0 Å². The molecule has 3 fully saturated rings. The third kappa shape index (κ3) is 1.25. The minimum atomic E-state index is 0.528. The predicted molar refractivity (Wildman–Crippen MR) is 57.9 cm³/mol. The molecule has 74 valence electrons. The second-order valence-corrected chi connectivity index (χ2v) is 6.88. The lowest BCUT2D eigenvalue weighted by Gasteiger charge is -2.43. The lowest BCUT2D eigenvalue weighted by Crippen LogP contribution is -2.51. The maximum absolute atomic E-state index is 3.82. The summed E-state index contributed by atoms with van der Waals surface area (Å²) in [5.74, 6) is 2.07. The Morgan fingerprint density at radius 3 is 2.85 bits per heavy atom. The minimum absolute atomic E-state index is 0.528. The highest BCUT2D eigenvalue weighted by molar-refractivity contribution is 8.01. The number of nitrogens with one attached hydrogen (secondary N) is 1. The van der Waals surface area contributed by atoms with Crippen molar-refractivity contribution in [1.29, 1.82) is 0 Å². The first-order valence-electron chi connectivity index (χ1n) is 5.71. The molecule has 1 nitrogen and oxygen atoms in total. The lowest BCUT2D eigenvalue weighted by molar-refractivity contribution is 0.304. The van der Waals surface area contributed by atoms with Crippen LogP contribution in [-0.4, -0.2) is 16.7 Å². The Balaban J connectivity index is 1.81. The van der Waals surface area contributed by atoms with Crippen molar-refractivity contribution >= 4 is 11.8 Å². The highest BCUT2D eigenvalue weighted by atomic mass is 32.2. The SMILES string of the molecule is CC1CCNC2(CC3CCC2C3)S1. The van der Waals surface area contributed by atoms with E-state index in [2.05, 4.69) is 24.0 Å². The predicted octanol–water partition coefficient (Wildman–Crippen LogP) is 2.62. The topological polar surface area (TPSA) is 12.0 Å². The minimum Gasteiger partial charge on any atom is -0.303 e. The van der Waals surface area contributed by atoms with Crippen LogP contribution >= 0.6 is 11.8 Å². The molecule has 0 amide bonds. The van der Waals surface area contributed by atoms with Crippen LogP contribution in [0.4, 0.5) is 0 Å². The van der Waals surface area contributed by atoms with Gasteiger partial charge in [-0.15, -0.1) is 11.8 Å². The zero-order valence-corrected chi connectivity index (χ0v) is 9.20. The van der Waals surface area contributed by atoms with Crippen molar-refractivity contribution < 1.29 is 0 Å². The second kappa shape index (κ2) is 2.90. The summed E-state index contributed by atoms with van der Waals surface area (Å²) in [4.78, 5) is 0.528. The molecule has 1 heterocycles. The van der Waals surface area contributed by atoms with Crippen molar-refractivity contribution in [2.45, 2.75) is 49.1 Å². The Labute approximate surface area is 85.0 Å². The molecular weight excluding hydrogens is 178 g/mol. The van der Waals surface area contributed by atoms with Gasteiger partial charge in [0, 0.05) is 5.25 Å². The van der Waals surface area contributed by atoms with Crippen molar-refractivity contribution in [3.05, 3.63) is 0 Å². The largest absolute Gasteiger partial charge is 0.303 e. The van der Waals surface area contributed by atoms with Gasteiger partial charge in [0.25, 0.3) is 0 Å². The Kier molecular flexibility index (Phi) is 1.92. The van der Waals surface area contributed by atoms with Gasteiger partial charge in [-0.05, 0) is 50.5 Å². The molecule has 1 N–H and O–H groups in total. The van der Waals surface area contributed by atoms with E-state index in [9.17, 15) is 0 Å². The number of hydrogen-bond acceptors (Lipinski definition) is 2. The first-order valence-corrected chi connectivity index (χ1v) is 6.59. The van der Waals surface area contributed by atoms with Gasteiger partial charge >= 0.3 is 0 Å². The van der Waals surface area contributed by atoms with E-state index in [-0.39, 0.29) is 0 Å². The molecule has 1 aliphatic heterocycles. The molecule has 0 aromatic carbocycles. The number of thioether (sulfide) groups is 1. The molecule has 3 aliphatic rings. The monoisotopic (exact) mass is 197 g/mol. The summed E-state index contributed by atoms with van der Waals surface area (Å²) in [5, 5.41) is 4.71. The Bertz CT molecular complexity index is 218. The zero-order chi connectivity index (χ0) is 8.89. The molecule has 2 bridgehead atoms. The fraction of sp³-hybridized carbons (Fsp3) is 1.00. The van der Waals surface area contributed by atoms with Gasteiger partial charge in [-0.1, -0.05) is 6.92 Å². The van der Waals surface area contributed by atoms with Crippen LogP contribution in [0, 0.1) is 11.8 Å². The van der Waals surface area contributed by atoms with Gasteiger partial charge in [-0.2, -0.15) is 0 Å². The molecule has 3 rings (SSSR count). The van der Waals surface area contributed by atoms with Gasteiger partial charge in [0.2, 0.25) is 0 Å². The first-order chi connectivity index (χ1) is 6.28. The van der Waals surface area contributed by atoms with E-state index < -0.39 is 0 Å². The molecule has 4 unspecified atom stereocenters. The van der Waals surface area contributed by atoms with Gasteiger partial charge in [0.1, 0.15) is 0 Å². The molecular formula is C11H19NS. The Morgan fingerprint density at radius 1 is 1.31 bits per heavy atom. The molecule has 13 heavy (non-hydrogen) atoms. The average Bonchev–Trinajstić information content (AvgIpc) is 2.63. The van der Waals surface area contributed by atoms with Crippen LogP contribution in [0.25, 0.3) is 0 Å². The summed E-state index contributed by atoms with van der Waals surface area (Å²) < 4.78 is 0. The number of hydrogen-bond donors (Lipinski definition) is 1. The molecule has 2 saturated carbocycles. The van der Waals surface area contributed by atoms with Gasteiger partial charge in [-0.25, -0.2) is 0 Å². The highest BCUT2D eigenvalue weighted by Gasteiger charge is 2.52. The van der Waals surface area contributed by atoms with Gasteiger partial charge in [0.15, 0.2) is 0 Å². The van der Waals surface area contributed by atoms with Crippen LogP contribution < -0.4 is 5.32 Å². The summed E-state index contributed by atoms with van der Waals surface area (Å²) in [6.07, 6.45) is 7.36. The molecule has 1 saturated heterocycles. The summed E-state index contributed by atoms with van der Waals surface area (Å²) >= 11 is 2.25. The van der Waals surface area contributed by atoms with Crippen LogP contribution in [0.1, 0.15) is 39.0 Å². The third-order valence-electron chi connectivity index (χ3n) is 4.18. The number of rotatable bonds is 0. The molecule has 2 heteroatoms. The van der Waals surface area contributed by atoms with Crippen molar-refractivity contribution in [2.24, 2.45) is 11.8 Å². The normalized spacial score (nSPS) is 54.7. The van der Waals surface area contributed by atoms with Crippen molar-refractivity contribution in [3.63, 3.8) is 0 Å². The molecule has 2 aliphatic carbocycles. The van der Waals surface area contributed by atoms with Crippen LogP contribution in [0.2, 0.25) is 0 Å². The summed E-state index contributed by atoms with van der Waals surface area (Å²) in [7, 11) is 0. The van der Waals surface area contributed by atoms with E-state index in [1.165, 1.54) is 38.6 Å². The van der Waals surface area contributed by atoms with E-state index in [0.717, 1.165) is 17.1 Å². The molecule has 1 spiro atoms. The van der Waals surface area contributed by atoms with Crippen molar-refractivity contribution in [1.82, 2.24) is 5.32 Å². The van der Waals surface area contributed by atoms with E-state index >= 15 is 0 Å². The molecule has 0 aromatic heterocycles. The van der Waals surface area contributed by atoms with E-state index in [0.29, 0.717) is 4.87 Å². The lowest BCUT2D eigenvalue weighted by atomic mass is 9.94. The van der Waals surface area contributed by atoms with Gasteiger partial charge < -0.3 is 5.32 Å². The first kappa shape index (κ1) is 8.60. The van der Waals surface area contributed by atoms with E-state index in [1.54, 1.807) is 0 Å². The summed E-state index contributed by atoms with van der Waals surface area (Å²) in [6, 6.07) is 0. The highest BCUT2D eigenvalue weighted by Crippen LogP contribution is 2.57. The van der Waals surface area contributed by atoms with Gasteiger partial charge in [0.05, 0.1) is 4.87 Å². The van der Waals surface area contributed by atoms with Crippen LogP contribution in [0.15, 0.2) is 0 Å². The van der Waals surface area contributed by atoms with Crippen molar-refractivity contribution in [2.75, 3.05) is 6.54 Å². The standard InChI is InChI=1S/C11H19NS/c1-8-4-5-12-11(13-8)7-9-2-3-10(11)6-9/h8-10,12H,2-7H2,1H3. The van der Waals surface area contributed by atoms with E-state index in [4.69, 9.17) is 0 Å². The van der Waals surface area contributed by atoms with Crippen LogP contribution in [0.3, 0.4) is 0 Å². The van der Waals surface area contributed by atoms with Crippen molar-refractivity contribution in [3.8, 4) is 0 Å². The fourth-order valence-electron chi connectivity index (χ4n) is 3.59. The smallest absolute Gasteiger partial charge is 0.0679 e. The second-order valence-electron chi connectivity index (χ2n) is 5.11. The fourth-order valence-corrected chi connectivity index (χ4v) is 5.46. The number of fused-ring (bicyclic) bond motifs is 3. The maximum atomic E-state index is 3.82. The molecule has 0 radical (unpaired) electrons. The maximum Gasteiger partial charge on any atom is 0.0679 e. The molecule has 4 atom stereocenters. The van der Waals surface area contributed by atoms with Crippen LogP contribution in [0.5, 0.6) is 0 Å².